The molecule has 0 radical (unpaired) electrons. The maximum Gasteiger partial charge on any atom is 0.410 e. The van der Waals surface area contributed by atoms with Gasteiger partial charge < -0.3 is 9.64 Å². The molecule has 0 spiro atoms. The van der Waals surface area contributed by atoms with E-state index in [2.05, 4.69) is 6.92 Å². The monoisotopic (exact) mass is 211 g/mol. The van der Waals surface area contributed by atoms with Crippen molar-refractivity contribution in [3.05, 3.63) is 0 Å². The minimum absolute atomic E-state index is 0.0752. The molecule has 1 atom stereocenters. The first-order valence-electron chi connectivity index (χ1n) is 6.28. The van der Waals surface area contributed by atoms with Crippen LogP contribution in [-0.4, -0.2) is 29.7 Å². The van der Waals surface area contributed by atoms with E-state index in [1.54, 1.807) is 0 Å². The largest absolute Gasteiger partial charge is 0.444 e. The van der Waals surface area contributed by atoms with Gasteiger partial charge in [0.05, 0.1) is 6.54 Å². The molecule has 1 aliphatic heterocycles. The Hall–Kier alpha value is -0.730. The van der Waals surface area contributed by atoms with Crippen LogP contribution in [0.25, 0.3) is 0 Å². The van der Waals surface area contributed by atoms with Gasteiger partial charge in [0.25, 0.3) is 0 Å². The number of cyclic esters (lactones) is 1. The van der Waals surface area contributed by atoms with Gasteiger partial charge >= 0.3 is 6.09 Å². The van der Waals surface area contributed by atoms with Crippen LogP contribution in [0.3, 0.4) is 0 Å². The summed E-state index contributed by atoms with van der Waals surface area (Å²) in [5.74, 6) is 0. The third-order valence-electron chi connectivity index (χ3n) is 3.62. The fraction of sp³-hybridized carbons (Fsp3) is 0.917. The predicted molar refractivity (Wildman–Crippen MR) is 58.8 cm³/mol. The van der Waals surface area contributed by atoms with Crippen LogP contribution in [0.5, 0.6) is 0 Å². The zero-order chi connectivity index (χ0) is 10.7. The molecular weight excluding hydrogens is 190 g/mol. The Morgan fingerprint density at radius 3 is 2.47 bits per heavy atom. The van der Waals surface area contributed by atoms with Crippen LogP contribution in [0.15, 0.2) is 0 Å². The van der Waals surface area contributed by atoms with E-state index < -0.39 is 0 Å². The van der Waals surface area contributed by atoms with Gasteiger partial charge in [-0.3, -0.25) is 0 Å². The van der Waals surface area contributed by atoms with Gasteiger partial charge in [-0.1, -0.05) is 32.6 Å². The number of nitrogens with zero attached hydrogens (tertiary/aromatic N) is 1. The average Bonchev–Trinajstić information content (AvgIpc) is 2.48. The smallest absolute Gasteiger partial charge is 0.410 e. The van der Waals surface area contributed by atoms with Crippen molar-refractivity contribution in [2.75, 3.05) is 6.54 Å². The lowest BCUT2D eigenvalue weighted by atomic mass is 10.1. The minimum atomic E-state index is -0.0752. The van der Waals surface area contributed by atoms with E-state index in [-0.39, 0.29) is 12.2 Å². The highest BCUT2D eigenvalue weighted by Gasteiger charge is 2.34. The van der Waals surface area contributed by atoms with Crippen molar-refractivity contribution in [2.24, 2.45) is 0 Å². The van der Waals surface area contributed by atoms with Crippen LogP contribution in [0.2, 0.25) is 0 Å². The lowest BCUT2D eigenvalue weighted by Crippen LogP contribution is -2.36. The zero-order valence-electron chi connectivity index (χ0n) is 9.58. The number of rotatable bonds is 2. The van der Waals surface area contributed by atoms with Crippen molar-refractivity contribution in [1.82, 2.24) is 4.90 Å². The fourth-order valence-corrected chi connectivity index (χ4v) is 2.62. The van der Waals surface area contributed by atoms with E-state index in [9.17, 15) is 4.79 Å². The van der Waals surface area contributed by atoms with Crippen molar-refractivity contribution >= 4 is 6.09 Å². The Morgan fingerprint density at radius 1 is 1.27 bits per heavy atom. The highest BCUT2D eigenvalue weighted by atomic mass is 16.6. The maximum absolute atomic E-state index is 11.7. The molecule has 86 valence electrons. The van der Waals surface area contributed by atoms with Crippen molar-refractivity contribution < 1.29 is 9.53 Å². The number of hydrogen-bond donors (Lipinski definition) is 0. The van der Waals surface area contributed by atoms with E-state index >= 15 is 0 Å². The molecule has 0 N–H and O–H groups in total. The second-order valence-corrected chi connectivity index (χ2v) is 4.71. The molecule has 1 amide bonds. The standard InChI is InChI=1S/C12H21NO2/c1-2-11-9-13(12(14)15-11)10-7-5-3-4-6-8-10/h10-11H,2-9H2,1H3. The molecule has 15 heavy (non-hydrogen) atoms. The molecule has 1 saturated carbocycles. The molecule has 1 saturated heterocycles. The second kappa shape index (κ2) is 4.86. The highest BCUT2D eigenvalue weighted by Crippen LogP contribution is 2.26. The summed E-state index contributed by atoms with van der Waals surface area (Å²) < 4.78 is 5.30. The third-order valence-corrected chi connectivity index (χ3v) is 3.62. The van der Waals surface area contributed by atoms with Gasteiger partial charge in [-0.15, -0.1) is 0 Å². The Labute approximate surface area is 91.8 Å². The predicted octanol–water partition coefficient (Wildman–Crippen LogP) is 2.94. The third kappa shape index (κ3) is 2.44. The van der Waals surface area contributed by atoms with Crippen LogP contribution >= 0.6 is 0 Å². The summed E-state index contributed by atoms with van der Waals surface area (Å²) in [6.45, 7) is 2.90. The van der Waals surface area contributed by atoms with Crippen molar-refractivity contribution in [3.63, 3.8) is 0 Å². The van der Waals surface area contributed by atoms with Gasteiger partial charge in [0.15, 0.2) is 0 Å². The first-order valence-corrected chi connectivity index (χ1v) is 6.28. The molecule has 0 bridgehead atoms. The summed E-state index contributed by atoms with van der Waals surface area (Å²) in [4.78, 5) is 13.6. The molecule has 0 aromatic rings. The average molecular weight is 211 g/mol. The van der Waals surface area contributed by atoms with Gasteiger partial charge in [0.2, 0.25) is 0 Å². The van der Waals surface area contributed by atoms with Crippen molar-refractivity contribution in [2.45, 2.75) is 64.0 Å². The quantitative estimate of drug-likeness (QED) is 0.657. The normalized spacial score (nSPS) is 29.0. The van der Waals surface area contributed by atoms with Crippen LogP contribution in [0.1, 0.15) is 51.9 Å². The number of carbonyl (C=O) groups excluding carboxylic acids is 1. The van der Waals surface area contributed by atoms with Gasteiger partial charge in [0.1, 0.15) is 6.10 Å². The highest BCUT2D eigenvalue weighted by molar-refractivity contribution is 5.70. The number of hydrogen-bond acceptors (Lipinski definition) is 2. The van der Waals surface area contributed by atoms with E-state index in [4.69, 9.17) is 4.74 Å². The van der Waals surface area contributed by atoms with E-state index in [0.29, 0.717) is 6.04 Å². The summed E-state index contributed by atoms with van der Waals surface area (Å²) in [5.41, 5.74) is 0. The van der Waals surface area contributed by atoms with E-state index in [0.717, 1.165) is 13.0 Å². The Kier molecular flexibility index (Phi) is 3.49. The molecule has 1 aliphatic carbocycles. The Morgan fingerprint density at radius 2 is 1.93 bits per heavy atom. The van der Waals surface area contributed by atoms with Crippen LogP contribution < -0.4 is 0 Å². The maximum atomic E-state index is 11.7. The Balaban J connectivity index is 1.94. The van der Waals surface area contributed by atoms with Gasteiger partial charge in [0, 0.05) is 6.04 Å². The Bertz CT molecular complexity index is 222. The van der Waals surface area contributed by atoms with Crippen molar-refractivity contribution in [1.29, 1.82) is 0 Å². The van der Waals surface area contributed by atoms with Crippen LogP contribution in [0.4, 0.5) is 4.79 Å². The number of ether oxygens (including phenoxy) is 1. The summed E-state index contributed by atoms with van der Waals surface area (Å²) in [6.07, 6.45) is 8.55. The first kappa shape index (κ1) is 10.8. The van der Waals surface area contributed by atoms with Gasteiger partial charge in [-0.2, -0.15) is 0 Å². The van der Waals surface area contributed by atoms with E-state index in [1.165, 1.54) is 38.5 Å². The molecule has 0 aromatic carbocycles. The van der Waals surface area contributed by atoms with E-state index in [1.807, 2.05) is 4.90 Å². The molecule has 2 fully saturated rings. The molecule has 1 unspecified atom stereocenters. The lowest BCUT2D eigenvalue weighted by molar-refractivity contribution is 0.125. The summed E-state index contributed by atoms with van der Waals surface area (Å²) in [7, 11) is 0. The summed E-state index contributed by atoms with van der Waals surface area (Å²) in [6, 6.07) is 0.455. The number of carbonyl (C=O) groups is 1. The van der Waals surface area contributed by atoms with Gasteiger partial charge in [-0.25, -0.2) is 4.79 Å². The summed E-state index contributed by atoms with van der Waals surface area (Å²) in [5, 5.41) is 0. The topological polar surface area (TPSA) is 29.5 Å². The second-order valence-electron chi connectivity index (χ2n) is 4.71. The molecule has 1 heterocycles. The zero-order valence-corrected chi connectivity index (χ0v) is 9.58. The molecule has 2 aliphatic rings. The lowest BCUT2D eigenvalue weighted by Gasteiger charge is -2.24. The van der Waals surface area contributed by atoms with Crippen LogP contribution in [0, 0.1) is 0 Å². The summed E-state index contributed by atoms with van der Waals surface area (Å²) >= 11 is 0. The molecular formula is C12H21NO2. The molecule has 0 aromatic heterocycles. The van der Waals surface area contributed by atoms with Gasteiger partial charge in [-0.05, 0) is 19.3 Å². The SMILES string of the molecule is CCC1CN(C2CCCCCC2)C(=O)O1. The number of amides is 1. The minimum Gasteiger partial charge on any atom is -0.444 e. The molecule has 3 heteroatoms. The molecule has 3 nitrogen and oxygen atoms in total. The molecule has 2 rings (SSSR count). The first-order chi connectivity index (χ1) is 7.31. The van der Waals surface area contributed by atoms with Crippen LogP contribution in [-0.2, 0) is 4.74 Å². The fourth-order valence-electron chi connectivity index (χ4n) is 2.62. The van der Waals surface area contributed by atoms with Crippen molar-refractivity contribution in [3.8, 4) is 0 Å².